The summed E-state index contributed by atoms with van der Waals surface area (Å²) in [6, 6.07) is 7.03. The Kier molecular flexibility index (Phi) is 4.71. The van der Waals surface area contributed by atoms with Crippen LogP contribution in [0.3, 0.4) is 0 Å². The molecule has 0 bridgehead atoms. The summed E-state index contributed by atoms with van der Waals surface area (Å²) in [6.45, 7) is 6.26. The van der Waals surface area contributed by atoms with E-state index < -0.39 is 0 Å². The zero-order valence-corrected chi connectivity index (χ0v) is 15.0. The fourth-order valence-electron chi connectivity index (χ4n) is 2.06. The van der Waals surface area contributed by atoms with E-state index in [1.165, 1.54) is 11.3 Å². The van der Waals surface area contributed by atoms with Crippen LogP contribution in [0.4, 0.5) is 15.6 Å². The Morgan fingerprint density at radius 2 is 1.80 bits per heavy atom. The summed E-state index contributed by atoms with van der Waals surface area (Å²) in [6.07, 6.45) is 5.01. The SMILES string of the molecule is CC(C)(C)c1ccc(NC(=O)Nc2nnc(-c3ccncc3)s2)cn1. The molecule has 3 aromatic heterocycles. The van der Waals surface area contributed by atoms with Gasteiger partial charge in [-0.2, -0.15) is 0 Å². The van der Waals surface area contributed by atoms with Crippen molar-refractivity contribution in [2.24, 2.45) is 0 Å². The van der Waals surface area contributed by atoms with Crippen LogP contribution in [0.25, 0.3) is 10.6 Å². The Morgan fingerprint density at radius 3 is 2.44 bits per heavy atom. The van der Waals surface area contributed by atoms with Crippen molar-refractivity contribution < 1.29 is 4.79 Å². The summed E-state index contributed by atoms with van der Waals surface area (Å²) in [5.41, 5.74) is 2.45. The molecule has 0 atom stereocenters. The molecule has 8 heteroatoms. The summed E-state index contributed by atoms with van der Waals surface area (Å²) >= 11 is 1.29. The zero-order valence-electron chi connectivity index (χ0n) is 14.1. The van der Waals surface area contributed by atoms with Gasteiger partial charge < -0.3 is 5.32 Å². The summed E-state index contributed by atoms with van der Waals surface area (Å²) in [5, 5.41) is 14.6. The van der Waals surface area contributed by atoms with E-state index in [1.54, 1.807) is 18.6 Å². The average molecular weight is 354 g/mol. The molecule has 0 saturated carbocycles. The van der Waals surface area contributed by atoms with Gasteiger partial charge in [-0.1, -0.05) is 32.1 Å². The highest BCUT2D eigenvalue weighted by Gasteiger charge is 2.15. The van der Waals surface area contributed by atoms with Crippen LogP contribution in [0.15, 0.2) is 42.9 Å². The lowest BCUT2D eigenvalue weighted by atomic mass is 9.92. The third-order valence-electron chi connectivity index (χ3n) is 3.36. The Bertz CT molecular complexity index is 855. The number of nitrogens with one attached hydrogen (secondary N) is 2. The number of hydrogen-bond acceptors (Lipinski definition) is 6. The fourth-order valence-corrected chi connectivity index (χ4v) is 2.80. The second-order valence-corrected chi connectivity index (χ2v) is 7.39. The van der Waals surface area contributed by atoms with E-state index in [2.05, 4.69) is 51.6 Å². The predicted octanol–water partition coefficient (Wildman–Crippen LogP) is 3.94. The van der Waals surface area contributed by atoms with Gasteiger partial charge in [0.2, 0.25) is 5.13 Å². The van der Waals surface area contributed by atoms with E-state index in [0.717, 1.165) is 11.3 Å². The molecule has 3 heterocycles. The molecule has 0 aliphatic rings. The molecular weight excluding hydrogens is 336 g/mol. The molecule has 7 nitrogen and oxygen atoms in total. The number of anilines is 2. The highest BCUT2D eigenvalue weighted by atomic mass is 32.1. The van der Waals surface area contributed by atoms with Crippen molar-refractivity contribution in [3.05, 3.63) is 48.5 Å². The number of pyridine rings is 2. The highest BCUT2D eigenvalue weighted by molar-refractivity contribution is 7.18. The normalized spacial score (nSPS) is 11.2. The molecule has 3 aromatic rings. The van der Waals surface area contributed by atoms with Crippen molar-refractivity contribution in [1.82, 2.24) is 20.2 Å². The minimum Gasteiger partial charge on any atom is -0.306 e. The number of nitrogens with zero attached hydrogens (tertiary/aromatic N) is 4. The van der Waals surface area contributed by atoms with Gasteiger partial charge in [0.25, 0.3) is 0 Å². The van der Waals surface area contributed by atoms with Gasteiger partial charge in [0.1, 0.15) is 5.01 Å². The Hall–Kier alpha value is -2.87. The van der Waals surface area contributed by atoms with Gasteiger partial charge in [0.05, 0.1) is 11.9 Å². The van der Waals surface area contributed by atoms with E-state index in [9.17, 15) is 4.79 Å². The van der Waals surface area contributed by atoms with Gasteiger partial charge in [0.15, 0.2) is 0 Å². The molecule has 2 amide bonds. The quantitative estimate of drug-likeness (QED) is 0.743. The van der Waals surface area contributed by atoms with Gasteiger partial charge >= 0.3 is 6.03 Å². The van der Waals surface area contributed by atoms with Crippen molar-refractivity contribution >= 4 is 28.2 Å². The minimum absolute atomic E-state index is 0.0310. The molecule has 0 radical (unpaired) electrons. The van der Waals surface area contributed by atoms with E-state index in [-0.39, 0.29) is 11.4 Å². The third kappa shape index (κ3) is 4.36. The lowest BCUT2D eigenvalue weighted by Crippen LogP contribution is -2.20. The molecule has 0 fully saturated rings. The lowest BCUT2D eigenvalue weighted by molar-refractivity contribution is 0.262. The van der Waals surface area contributed by atoms with Crippen LogP contribution in [-0.2, 0) is 5.41 Å². The average Bonchev–Trinajstić information content (AvgIpc) is 3.03. The summed E-state index contributed by atoms with van der Waals surface area (Å²) in [4.78, 5) is 20.4. The van der Waals surface area contributed by atoms with Crippen molar-refractivity contribution in [1.29, 1.82) is 0 Å². The molecule has 0 aliphatic heterocycles. The third-order valence-corrected chi connectivity index (χ3v) is 4.25. The molecule has 0 spiro atoms. The van der Waals surface area contributed by atoms with E-state index in [0.29, 0.717) is 15.8 Å². The summed E-state index contributed by atoms with van der Waals surface area (Å²) in [7, 11) is 0. The van der Waals surface area contributed by atoms with Crippen molar-refractivity contribution in [2.45, 2.75) is 26.2 Å². The topological polar surface area (TPSA) is 92.7 Å². The number of carbonyl (C=O) groups is 1. The van der Waals surface area contributed by atoms with Gasteiger partial charge in [0, 0.05) is 29.1 Å². The summed E-state index contributed by atoms with van der Waals surface area (Å²) < 4.78 is 0. The minimum atomic E-state index is -0.386. The van der Waals surface area contributed by atoms with Crippen LogP contribution >= 0.6 is 11.3 Å². The molecule has 3 rings (SSSR count). The number of urea groups is 1. The van der Waals surface area contributed by atoms with Crippen LogP contribution in [0, 0.1) is 0 Å². The first-order valence-electron chi connectivity index (χ1n) is 7.70. The molecule has 0 unspecified atom stereocenters. The second kappa shape index (κ2) is 6.94. The number of amides is 2. The number of hydrogen-bond donors (Lipinski definition) is 2. The molecule has 0 aliphatic carbocycles. The second-order valence-electron chi connectivity index (χ2n) is 6.41. The maximum Gasteiger partial charge on any atom is 0.325 e. The standard InChI is InChI=1S/C17H18N6OS/c1-17(2,3)13-5-4-12(10-19-13)20-15(24)21-16-23-22-14(25-16)11-6-8-18-9-7-11/h4-10H,1-3H3,(H2,20,21,23,24). The molecular formula is C17H18N6OS. The summed E-state index contributed by atoms with van der Waals surface area (Å²) in [5.74, 6) is 0. The largest absolute Gasteiger partial charge is 0.325 e. The zero-order chi connectivity index (χ0) is 17.9. The Balaban J connectivity index is 1.62. The molecule has 25 heavy (non-hydrogen) atoms. The first-order chi connectivity index (χ1) is 11.9. The van der Waals surface area contributed by atoms with Gasteiger partial charge in [-0.25, -0.2) is 4.79 Å². The Labute approximate surface area is 149 Å². The van der Waals surface area contributed by atoms with Crippen molar-refractivity contribution in [2.75, 3.05) is 10.6 Å². The Morgan fingerprint density at radius 1 is 1.04 bits per heavy atom. The van der Waals surface area contributed by atoms with Crippen molar-refractivity contribution in [3.8, 4) is 10.6 Å². The number of aromatic nitrogens is 4. The maximum atomic E-state index is 12.1. The van der Waals surface area contributed by atoms with Gasteiger partial charge in [-0.05, 0) is 24.3 Å². The van der Waals surface area contributed by atoms with E-state index in [4.69, 9.17) is 0 Å². The molecule has 2 N–H and O–H groups in total. The molecule has 128 valence electrons. The first-order valence-corrected chi connectivity index (χ1v) is 8.52. The van der Waals surface area contributed by atoms with Gasteiger partial charge in [-0.15, -0.1) is 10.2 Å². The van der Waals surface area contributed by atoms with E-state index in [1.807, 2.05) is 24.3 Å². The van der Waals surface area contributed by atoms with Crippen LogP contribution in [0.2, 0.25) is 0 Å². The van der Waals surface area contributed by atoms with Crippen molar-refractivity contribution in [3.63, 3.8) is 0 Å². The molecule has 0 saturated heterocycles. The van der Waals surface area contributed by atoms with Crippen LogP contribution in [0.1, 0.15) is 26.5 Å². The smallest absolute Gasteiger partial charge is 0.306 e. The molecule has 0 aromatic carbocycles. The first kappa shape index (κ1) is 17.0. The monoisotopic (exact) mass is 354 g/mol. The predicted molar refractivity (Wildman–Crippen MR) is 98.7 cm³/mol. The fraction of sp³-hybridized carbons (Fsp3) is 0.235. The number of rotatable bonds is 3. The maximum absolute atomic E-state index is 12.1. The van der Waals surface area contributed by atoms with Crippen LogP contribution < -0.4 is 10.6 Å². The van der Waals surface area contributed by atoms with E-state index >= 15 is 0 Å². The van der Waals surface area contributed by atoms with Crippen LogP contribution in [0.5, 0.6) is 0 Å². The van der Waals surface area contributed by atoms with Gasteiger partial charge in [-0.3, -0.25) is 15.3 Å². The highest BCUT2D eigenvalue weighted by Crippen LogP contribution is 2.26. The van der Waals surface area contributed by atoms with Crippen LogP contribution in [-0.4, -0.2) is 26.2 Å². The number of carbonyl (C=O) groups excluding carboxylic acids is 1. The lowest BCUT2D eigenvalue weighted by Gasteiger charge is -2.17.